The van der Waals surface area contributed by atoms with E-state index in [1.54, 1.807) is 6.07 Å². The lowest BCUT2D eigenvalue weighted by Crippen LogP contribution is -2.31. The summed E-state index contributed by atoms with van der Waals surface area (Å²) in [5.74, 6) is 0.245. The van der Waals surface area contributed by atoms with Gasteiger partial charge in [0.2, 0.25) is 10.0 Å². The zero-order valence-electron chi connectivity index (χ0n) is 16.0. The third-order valence-electron chi connectivity index (χ3n) is 4.14. The first kappa shape index (κ1) is 20.6. The highest BCUT2D eigenvalue weighted by Crippen LogP contribution is 2.22. The van der Waals surface area contributed by atoms with Crippen LogP contribution in [0.4, 0.5) is 16.4 Å². The number of carbonyl (C=O) groups excluding carboxylic acids is 1. The van der Waals surface area contributed by atoms with Gasteiger partial charge in [-0.2, -0.15) is 5.10 Å². The van der Waals surface area contributed by atoms with Crippen molar-refractivity contribution in [3.63, 3.8) is 0 Å². The van der Waals surface area contributed by atoms with Crippen LogP contribution in [0.5, 0.6) is 0 Å². The molecule has 2 aromatic heterocycles. The quantitative estimate of drug-likeness (QED) is 0.442. The minimum atomic E-state index is -3.59. The average molecular weight is 418 g/mol. The Hall–Kier alpha value is -3.18. The second-order valence-electron chi connectivity index (χ2n) is 6.33. The molecule has 0 bridgehead atoms. The van der Waals surface area contributed by atoms with Crippen LogP contribution in [-0.4, -0.2) is 49.1 Å². The molecule has 0 aliphatic heterocycles. The number of hydrogen-bond donors (Lipinski definition) is 4. The van der Waals surface area contributed by atoms with Gasteiger partial charge in [0.1, 0.15) is 5.82 Å². The van der Waals surface area contributed by atoms with Gasteiger partial charge in [0.25, 0.3) is 0 Å². The molecule has 0 saturated carbocycles. The Balaban J connectivity index is 1.67. The molecule has 3 rings (SSSR count). The van der Waals surface area contributed by atoms with Gasteiger partial charge < -0.3 is 10.1 Å². The molecule has 0 saturated heterocycles. The molecule has 3 aromatic rings. The van der Waals surface area contributed by atoms with Crippen LogP contribution in [0.25, 0.3) is 10.9 Å². The van der Waals surface area contributed by atoms with Crippen LogP contribution in [-0.2, 0) is 14.8 Å². The number of aromatic nitrogens is 3. The summed E-state index contributed by atoms with van der Waals surface area (Å²) in [5, 5.41) is 12.7. The second-order valence-corrected chi connectivity index (χ2v) is 8.17. The lowest BCUT2D eigenvalue weighted by Gasteiger charge is -2.14. The van der Waals surface area contributed by atoms with Crippen LogP contribution in [0.1, 0.15) is 18.5 Å². The first-order valence-electron chi connectivity index (χ1n) is 8.84. The van der Waals surface area contributed by atoms with Gasteiger partial charge in [-0.3, -0.25) is 15.1 Å². The van der Waals surface area contributed by atoms with Gasteiger partial charge in [0.05, 0.1) is 29.3 Å². The van der Waals surface area contributed by atoms with Gasteiger partial charge in [-0.05, 0) is 12.5 Å². The number of aromatic amines is 1. The molecule has 0 aliphatic rings. The summed E-state index contributed by atoms with van der Waals surface area (Å²) in [7, 11) is -2.17. The number of anilines is 2. The first-order chi connectivity index (χ1) is 13.9. The maximum Gasteiger partial charge on any atom is 0.320 e. The van der Waals surface area contributed by atoms with Crippen molar-refractivity contribution in [3.8, 4) is 0 Å². The number of benzene rings is 1. The summed E-state index contributed by atoms with van der Waals surface area (Å²) < 4.78 is 31.2. The predicted octanol–water partition coefficient (Wildman–Crippen LogP) is 2.23. The number of methoxy groups -OCH3 is 1. The van der Waals surface area contributed by atoms with E-state index >= 15 is 0 Å². The Morgan fingerprint density at radius 3 is 2.76 bits per heavy atom. The third kappa shape index (κ3) is 5.42. The van der Waals surface area contributed by atoms with Crippen molar-refractivity contribution in [3.05, 3.63) is 48.2 Å². The Kier molecular flexibility index (Phi) is 6.29. The minimum Gasteiger partial charge on any atom is -0.384 e. The van der Waals surface area contributed by atoms with Crippen molar-refractivity contribution in [1.82, 2.24) is 20.5 Å². The molecule has 2 amide bonds. The van der Waals surface area contributed by atoms with Crippen LogP contribution in [0.3, 0.4) is 0 Å². The molecule has 4 N–H and O–H groups in total. The largest absolute Gasteiger partial charge is 0.384 e. The molecular formula is C18H22N6O4S. The minimum absolute atomic E-state index is 0.0700. The van der Waals surface area contributed by atoms with Crippen molar-refractivity contribution in [2.24, 2.45) is 0 Å². The molecule has 2 heterocycles. The Labute approximate surface area is 168 Å². The van der Waals surface area contributed by atoms with E-state index in [-0.39, 0.29) is 24.2 Å². The summed E-state index contributed by atoms with van der Waals surface area (Å²) in [6.45, 7) is 1.95. The molecule has 1 aromatic carbocycles. The van der Waals surface area contributed by atoms with E-state index in [9.17, 15) is 13.2 Å². The molecule has 11 heteroatoms. The fraction of sp³-hybridized carbons (Fsp3) is 0.278. The second kappa shape index (κ2) is 8.88. The zero-order valence-corrected chi connectivity index (χ0v) is 16.8. The van der Waals surface area contributed by atoms with Crippen molar-refractivity contribution in [2.45, 2.75) is 13.0 Å². The maximum absolute atomic E-state index is 12.2. The SMILES string of the molecule is COCCS(=O)(=O)Nc1n[nH]c2cc(NC(=O)N[C@H](C)c3ccccc3)ncc12. The highest BCUT2D eigenvalue weighted by molar-refractivity contribution is 7.92. The number of urea groups is 1. The monoisotopic (exact) mass is 418 g/mol. The lowest BCUT2D eigenvalue weighted by molar-refractivity contribution is 0.217. The number of rotatable bonds is 8. The topological polar surface area (TPSA) is 138 Å². The van der Waals surface area contributed by atoms with E-state index in [0.29, 0.717) is 16.7 Å². The van der Waals surface area contributed by atoms with Crippen molar-refractivity contribution in [2.75, 3.05) is 29.5 Å². The van der Waals surface area contributed by atoms with Crippen LogP contribution in [0, 0.1) is 0 Å². The molecule has 10 nitrogen and oxygen atoms in total. The van der Waals surface area contributed by atoms with E-state index in [1.165, 1.54) is 13.3 Å². The number of amides is 2. The van der Waals surface area contributed by atoms with Crippen LogP contribution < -0.4 is 15.4 Å². The van der Waals surface area contributed by atoms with Gasteiger partial charge in [-0.15, -0.1) is 0 Å². The number of nitrogens with zero attached hydrogens (tertiary/aromatic N) is 2. The smallest absolute Gasteiger partial charge is 0.320 e. The summed E-state index contributed by atoms with van der Waals surface area (Å²) in [6.07, 6.45) is 1.43. The average Bonchev–Trinajstić information content (AvgIpc) is 3.08. The van der Waals surface area contributed by atoms with Crippen LogP contribution in [0.2, 0.25) is 0 Å². The molecule has 1 atom stereocenters. The number of fused-ring (bicyclic) bond motifs is 1. The molecule has 0 fully saturated rings. The van der Waals surface area contributed by atoms with E-state index in [2.05, 4.69) is 30.5 Å². The van der Waals surface area contributed by atoms with Gasteiger partial charge in [-0.1, -0.05) is 30.3 Å². The third-order valence-corrected chi connectivity index (χ3v) is 5.35. The number of sulfonamides is 1. The fourth-order valence-electron chi connectivity index (χ4n) is 2.62. The number of pyridine rings is 1. The van der Waals surface area contributed by atoms with Gasteiger partial charge in [0.15, 0.2) is 5.82 Å². The van der Waals surface area contributed by atoms with E-state index in [1.807, 2.05) is 37.3 Å². The predicted molar refractivity (Wildman–Crippen MR) is 110 cm³/mol. The summed E-state index contributed by atoms with van der Waals surface area (Å²) in [5.41, 5.74) is 1.50. The highest BCUT2D eigenvalue weighted by Gasteiger charge is 2.16. The standard InChI is InChI=1S/C18H22N6O4S/c1-12(13-6-4-3-5-7-13)20-18(25)21-16-10-15-14(11-19-16)17(23-22-15)24-29(26,27)9-8-28-2/h3-7,10-12H,8-9H2,1-2H3,(H2,22,23,24)(H2,19,20,21,25)/t12-/m1/s1. The zero-order chi connectivity index (χ0) is 20.9. The normalized spacial score (nSPS) is 12.5. The molecule has 0 spiro atoms. The van der Waals surface area contributed by atoms with Gasteiger partial charge in [-0.25, -0.2) is 18.2 Å². The van der Waals surface area contributed by atoms with Crippen LogP contribution >= 0.6 is 0 Å². The number of hydrogen-bond acceptors (Lipinski definition) is 6. The summed E-state index contributed by atoms with van der Waals surface area (Å²) in [6, 6.07) is 10.5. The molecule has 0 aliphatic carbocycles. The Morgan fingerprint density at radius 2 is 2.03 bits per heavy atom. The van der Waals surface area contributed by atoms with Gasteiger partial charge in [0, 0.05) is 19.4 Å². The van der Waals surface area contributed by atoms with Crippen molar-refractivity contribution >= 4 is 38.6 Å². The van der Waals surface area contributed by atoms with E-state index < -0.39 is 16.1 Å². The van der Waals surface area contributed by atoms with Crippen LogP contribution in [0.15, 0.2) is 42.6 Å². The fourth-order valence-corrected chi connectivity index (χ4v) is 3.56. The molecule has 0 radical (unpaired) electrons. The molecular weight excluding hydrogens is 396 g/mol. The van der Waals surface area contributed by atoms with E-state index in [4.69, 9.17) is 4.74 Å². The summed E-state index contributed by atoms with van der Waals surface area (Å²) >= 11 is 0. The first-order valence-corrected chi connectivity index (χ1v) is 10.5. The number of ether oxygens (including phenoxy) is 1. The summed E-state index contributed by atoms with van der Waals surface area (Å²) in [4.78, 5) is 16.4. The molecule has 29 heavy (non-hydrogen) atoms. The number of nitrogens with one attached hydrogen (secondary N) is 4. The highest BCUT2D eigenvalue weighted by atomic mass is 32.2. The molecule has 154 valence electrons. The Bertz CT molecular complexity index is 1080. The lowest BCUT2D eigenvalue weighted by atomic mass is 10.1. The maximum atomic E-state index is 12.2. The molecule has 0 unspecified atom stereocenters. The number of H-pyrrole nitrogens is 1. The Morgan fingerprint density at radius 1 is 1.28 bits per heavy atom. The van der Waals surface area contributed by atoms with Crippen molar-refractivity contribution < 1.29 is 17.9 Å². The van der Waals surface area contributed by atoms with E-state index in [0.717, 1.165) is 5.56 Å². The van der Waals surface area contributed by atoms with Gasteiger partial charge >= 0.3 is 6.03 Å². The number of carbonyl (C=O) groups is 1. The van der Waals surface area contributed by atoms with Crippen molar-refractivity contribution in [1.29, 1.82) is 0 Å².